The van der Waals surface area contributed by atoms with E-state index in [1.54, 1.807) is 12.1 Å². The second-order valence-corrected chi connectivity index (χ2v) is 5.03. The third-order valence-electron chi connectivity index (χ3n) is 2.87. The molecule has 1 unspecified atom stereocenters. The molecule has 100 valence electrons. The van der Waals surface area contributed by atoms with E-state index in [1.165, 1.54) is 12.1 Å². The van der Waals surface area contributed by atoms with Gasteiger partial charge in [-0.1, -0.05) is 48.3 Å². The molecule has 0 radical (unpaired) electrons. The van der Waals surface area contributed by atoms with Crippen molar-refractivity contribution in [3.63, 3.8) is 0 Å². The average Bonchev–Trinajstić information content (AvgIpc) is 2.39. The predicted molar refractivity (Wildman–Crippen MR) is 78.4 cm³/mol. The summed E-state index contributed by atoms with van der Waals surface area (Å²) in [6.45, 7) is 2.77. The van der Waals surface area contributed by atoms with Crippen molar-refractivity contribution in [1.82, 2.24) is 5.32 Å². The van der Waals surface area contributed by atoms with Crippen LogP contribution in [0.3, 0.4) is 0 Å². The van der Waals surface area contributed by atoms with E-state index in [2.05, 4.69) is 5.32 Å². The zero-order valence-corrected chi connectivity index (χ0v) is 12.0. The summed E-state index contributed by atoms with van der Waals surface area (Å²) in [6, 6.07) is 11.9. The van der Waals surface area contributed by atoms with Crippen LogP contribution in [0.1, 0.15) is 24.1 Å². The summed E-state index contributed by atoms with van der Waals surface area (Å²) in [4.78, 5) is 0. The fraction of sp³-hybridized carbons (Fsp3) is 0.200. The quantitative estimate of drug-likeness (QED) is 0.852. The van der Waals surface area contributed by atoms with Crippen molar-refractivity contribution in [2.45, 2.75) is 13.0 Å². The number of halogens is 3. The lowest BCUT2D eigenvalue weighted by molar-refractivity contribution is 0.603. The van der Waals surface area contributed by atoms with Crippen LogP contribution in [0.4, 0.5) is 4.39 Å². The van der Waals surface area contributed by atoms with E-state index in [0.717, 1.165) is 17.7 Å². The van der Waals surface area contributed by atoms with Gasteiger partial charge in [0.2, 0.25) is 0 Å². The van der Waals surface area contributed by atoms with Crippen LogP contribution < -0.4 is 5.32 Å². The Kier molecular flexibility index (Phi) is 4.81. The Morgan fingerprint density at radius 1 is 1.05 bits per heavy atom. The van der Waals surface area contributed by atoms with Crippen molar-refractivity contribution in [3.05, 3.63) is 69.5 Å². The molecular weight excluding hydrogens is 284 g/mol. The highest BCUT2D eigenvalue weighted by molar-refractivity contribution is 6.42. The van der Waals surface area contributed by atoms with E-state index in [4.69, 9.17) is 23.2 Å². The first-order chi connectivity index (χ1) is 9.11. The van der Waals surface area contributed by atoms with Crippen molar-refractivity contribution in [3.8, 4) is 0 Å². The molecule has 2 aromatic rings. The van der Waals surface area contributed by atoms with Crippen molar-refractivity contribution in [2.75, 3.05) is 6.54 Å². The third-order valence-corrected chi connectivity index (χ3v) is 3.61. The molecule has 0 heterocycles. The SMILES string of the molecule is CCNC(c1cccc(F)c1)c1ccc(Cl)c(Cl)c1. The molecule has 0 spiro atoms. The van der Waals surface area contributed by atoms with Crippen molar-refractivity contribution in [2.24, 2.45) is 0 Å². The maximum absolute atomic E-state index is 13.4. The smallest absolute Gasteiger partial charge is 0.123 e. The molecule has 0 aromatic heterocycles. The highest BCUT2D eigenvalue weighted by Crippen LogP contribution is 2.29. The van der Waals surface area contributed by atoms with Gasteiger partial charge in [-0.15, -0.1) is 0 Å². The molecule has 2 aromatic carbocycles. The fourth-order valence-electron chi connectivity index (χ4n) is 2.01. The van der Waals surface area contributed by atoms with Gasteiger partial charge in [-0.2, -0.15) is 0 Å². The van der Waals surface area contributed by atoms with Gasteiger partial charge in [0.25, 0.3) is 0 Å². The lowest BCUT2D eigenvalue weighted by Gasteiger charge is -2.19. The molecule has 0 amide bonds. The standard InChI is InChI=1S/C15H14Cl2FN/c1-2-19-15(10-4-3-5-12(18)8-10)11-6-7-13(16)14(17)9-11/h3-9,15,19H,2H2,1H3. The largest absolute Gasteiger partial charge is 0.307 e. The van der Waals surface area contributed by atoms with E-state index in [-0.39, 0.29) is 11.9 Å². The number of benzene rings is 2. The van der Waals surface area contributed by atoms with Crippen molar-refractivity contribution >= 4 is 23.2 Å². The van der Waals surface area contributed by atoms with Gasteiger partial charge < -0.3 is 5.32 Å². The Morgan fingerprint density at radius 3 is 2.42 bits per heavy atom. The second kappa shape index (κ2) is 6.38. The number of rotatable bonds is 4. The number of hydrogen-bond acceptors (Lipinski definition) is 1. The maximum Gasteiger partial charge on any atom is 0.123 e. The van der Waals surface area contributed by atoms with E-state index in [9.17, 15) is 4.39 Å². The molecule has 0 aliphatic heterocycles. The van der Waals surface area contributed by atoms with Gasteiger partial charge in [0.05, 0.1) is 16.1 Å². The van der Waals surface area contributed by atoms with Gasteiger partial charge >= 0.3 is 0 Å². The van der Waals surface area contributed by atoms with Crippen LogP contribution in [0.25, 0.3) is 0 Å². The highest BCUT2D eigenvalue weighted by Gasteiger charge is 2.14. The van der Waals surface area contributed by atoms with E-state index in [1.807, 2.05) is 25.1 Å². The second-order valence-electron chi connectivity index (χ2n) is 4.22. The minimum atomic E-state index is -0.250. The van der Waals surface area contributed by atoms with Gasteiger partial charge in [-0.3, -0.25) is 0 Å². The first-order valence-electron chi connectivity index (χ1n) is 6.05. The summed E-state index contributed by atoms with van der Waals surface area (Å²) in [7, 11) is 0. The Morgan fingerprint density at radius 2 is 1.79 bits per heavy atom. The summed E-state index contributed by atoms with van der Waals surface area (Å²) >= 11 is 12.0. The molecule has 4 heteroatoms. The number of nitrogens with one attached hydrogen (secondary N) is 1. The summed E-state index contributed by atoms with van der Waals surface area (Å²) in [5, 5.41) is 4.33. The minimum absolute atomic E-state index is 0.101. The molecular formula is C15H14Cl2FN. The van der Waals surface area contributed by atoms with Crippen LogP contribution in [-0.2, 0) is 0 Å². The zero-order valence-electron chi connectivity index (χ0n) is 10.5. The maximum atomic E-state index is 13.4. The molecule has 2 rings (SSSR count). The van der Waals surface area contributed by atoms with Gasteiger partial charge in [-0.05, 0) is 41.9 Å². The van der Waals surface area contributed by atoms with Gasteiger partial charge in [0.1, 0.15) is 5.82 Å². The molecule has 0 fully saturated rings. The van der Waals surface area contributed by atoms with E-state index in [0.29, 0.717) is 10.0 Å². The van der Waals surface area contributed by atoms with Crippen LogP contribution in [-0.4, -0.2) is 6.54 Å². The van der Waals surface area contributed by atoms with Crippen LogP contribution in [0.15, 0.2) is 42.5 Å². The predicted octanol–water partition coefficient (Wildman–Crippen LogP) is 4.83. The Balaban J connectivity index is 2.42. The van der Waals surface area contributed by atoms with E-state index >= 15 is 0 Å². The molecule has 0 aliphatic carbocycles. The summed E-state index contributed by atoms with van der Waals surface area (Å²) < 4.78 is 13.4. The van der Waals surface area contributed by atoms with E-state index < -0.39 is 0 Å². The highest BCUT2D eigenvalue weighted by atomic mass is 35.5. The lowest BCUT2D eigenvalue weighted by Crippen LogP contribution is -2.22. The van der Waals surface area contributed by atoms with Gasteiger partial charge in [0, 0.05) is 0 Å². The first-order valence-corrected chi connectivity index (χ1v) is 6.81. The van der Waals surface area contributed by atoms with Crippen LogP contribution >= 0.6 is 23.2 Å². The monoisotopic (exact) mass is 297 g/mol. The van der Waals surface area contributed by atoms with Crippen LogP contribution in [0.2, 0.25) is 10.0 Å². The first kappa shape index (κ1) is 14.3. The van der Waals surface area contributed by atoms with Crippen LogP contribution in [0.5, 0.6) is 0 Å². The van der Waals surface area contributed by atoms with Gasteiger partial charge in [0.15, 0.2) is 0 Å². The summed E-state index contributed by atoms with van der Waals surface area (Å²) in [5.41, 5.74) is 1.82. The zero-order chi connectivity index (χ0) is 13.8. The van der Waals surface area contributed by atoms with Crippen LogP contribution in [0, 0.1) is 5.82 Å². The molecule has 19 heavy (non-hydrogen) atoms. The van der Waals surface area contributed by atoms with Crippen molar-refractivity contribution < 1.29 is 4.39 Å². The molecule has 1 atom stereocenters. The third kappa shape index (κ3) is 3.47. The Bertz CT molecular complexity index is 572. The molecule has 0 aliphatic rings. The average molecular weight is 298 g/mol. The molecule has 1 N–H and O–H groups in total. The molecule has 0 saturated carbocycles. The Hall–Kier alpha value is -1.09. The Labute approximate surface area is 122 Å². The minimum Gasteiger partial charge on any atom is -0.307 e. The normalized spacial score (nSPS) is 12.4. The lowest BCUT2D eigenvalue weighted by atomic mass is 9.98. The van der Waals surface area contributed by atoms with Crippen molar-refractivity contribution in [1.29, 1.82) is 0 Å². The fourth-order valence-corrected chi connectivity index (χ4v) is 2.32. The molecule has 1 nitrogen and oxygen atoms in total. The summed E-state index contributed by atoms with van der Waals surface area (Å²) in [5.74, 6) is -0.250. The molecule has 0 saturated heterocycles. The topological polar surface area (TPSA) is 12.0 Å². The van der Waals surface area contributed by atoms with Gasteiger partial charge in [-0.25, -0.2) is 4.39 Å². The summed E-state index contributed by atoms with van der Waals surface area (Å²) in [6.07, 6.45) is 0. The number of hydrogen-bond donors (Lipinski definition) is 1. The molecule has 0 bridgehead atoms.